The van der Waals surface area contributed by atoms with Crippen LogP contribution in [0.2, 0.25) is 0 Å². The van der Waals surface area contributed by atoms with Gasteiger partial charge in [0.2, 0.25) is 11.8 Å². The lowest BCUT2D eigenvalue weighted by atomic mass is 10.1. The van der Waals surface area contributed by atoms with E-state index < -0.39 is 6.04 Å². The second-order valence-electron chi connectivity index (χ2n) is 8.09. The van der Waals surface area contributed by atoms with Crippen molar-refractivity contribution in [3.05, 3.63) is 54.1 Å². The van der Waals surface area contributed by atoms with Crippen molar-refractivity contribution < 1.29 is 23.8 Å². The van der Waals surface area contributed by atoms with Crippen LogP contribution >= 0.6 is 0 Å². The number of benzene rings is 2. The molecule has 0 spiro atoms. The molecule has 2 aromatic carbocycles. The third kappa shape index (κ3) is 8.33. The summed E-state index contributed by atoms with van der Waals surface area (Å²) in [6.45, 7) is 6.48. The van der Waals surface area contributed by atoms with Gasteiger partial charge in [0.15, 0.2) is 0 Å². The molecule has 1 atom stereocenters. The molecule has 2 rings (SSSR count). The Morgan fingerprint density at radius 3 is 2.24 bits per heavy atom. The zero-order valence-electron chi connectivity index (χ0n) is 20.3. The van der Waals surface area contributed by atoms with E-state index >= 15 is 0 Å². The summed E-state index contributed by atoms with van der Waals surface area (Å²) in [7, 11) is 3.22. The molecule has 7 nitrogen and oxygen atoms in total. The number of hydrogen-bond donors (Lipinski definition) is 1. The molecule has 0 aliphatic rings. The molecule has 7 heteroatoms. The van der Waals surface area contributed by atoms with Crippen molar-refractivity contribution in [3.8, 4) is 17.2 Å². The number of amides is 2. The Kier molecular flexibility index (Phi) is 10.5. The van der Waals surface area contributed by atoms with Crippen LogP contribution in [0.4, 0.5) is 0 Å². The van der Waals surface area contributed by atoms with Crippen LogP contribution in [0.3, 0.4) is 0 Å². The van der Waals surface area contributed by atoms with Crippen LogP contribution < -0.4 is 19.5 Å². The molecular formula is C26H36N2O5. The predicted octanol–water partition coefficient (Wildman–Crippen LogP) is 4.19. The molecule has 0 saturated heterocycles. The van der Waals surface area contributed by atoms with E-state index in [1.54, 1.807) is 19.1 Å². The number of ether oxygens (including phenoxy) is 3. The van der Waals surface area contributed by atoms with E-state index in [2.05, 4.69) is 5.32 Å². The maximum atomic E-state index is 13.2. The number of carbonyl (C=O) groups excluding carboxylic acids is 2. The lowest BCUT2D eigenvalue weighted by molar-refractivity contribution is -0.141. The van der Waals surface area contributed by atoms with E-state index in [1.807, 2.05) is 69.3 Å². The van der Waals surface area contributed by atoms with Gasteiger partial charge in [-0.1, -0.05) is 19.1 Å². The average molecular weight is 457 g/mol. The molecule has 0 heterocycles. The molecule has 1 unspecified atom stereocenters. The van der Waals surface area contributed by atoms with Crippen LogP contribution in [0.25, 0.3) is 0 Å². The molecule has 33 heavy (non-hydrogen) atoms. The van der Waals surface area contributed by atoms with Crippen LogP contribution in [0, 0.1) is 0 Å². The van der Waals surface area contributed by atoms with Crippen LogP contribution in [0.15, 0.2) is 48.5 Å². The quantitative estimate of drug-likeness (QED) is 0.457. The Labute approximate surface area is 197 Å². The number of methoxy groups -OCH3 is 2. The predicted molar refractivity (Wildman–Crippen MR) is 129 cm³/mol. The molecule has 0 aromatic heterocycles. The molecule has 0 aliphatic heterocycles. The molecule has 0 radical (unpaired) electrons. The number of hydrogen-bond acceptors (Lipinski definition) is 5. The maximum absolute atomic E-state index is 13.2. The van der Waals surface area contributed by atoms with Crippen molar-refractivity contribution in [2.45, 2.75) is 58.7 Å². The largest absolute Gasteiger partial charge is 0.497 e. The van der Waals surface area contributed by atoms with Crippen molar-refractivity contribution in [2.24, 2.45) is 0 Å². The minimum absolute atomic E-state index is 0.00165. The van der Waals surface area contributed by atoms with Crippen LogP contribution in [0.5, 0.6) is 17.2 Å². The molecule has 0 bridgehead atoms. The molecule has 0 aliphatic carbocycles. The highest BCUT2D eigenvalue weighted by molar-refractivity contribution is 5.87. The molecular weight excluding hydrogens is 420 g/mol. The number of rotatable bonds is 13. The highest BCUT2D eigenvalue weighted by atomic mass is 16.5. The summed E-state index contributed by atoms with van der Waals surface area (Å²) >= 11 is 0. The van der Waals surface area contributed by atoms with Gasteiger partial charge in [-0.3, -0.25) is 9.59 Å². The number of carbonyl (C=O) groups is 2. The monoisotopic (exact) mass is 456 g/mol. The van der Waals surface area contributed by atoms with Gasteiger partial charge in [-0.25, -0.2) is 0 Å². The van der Waals surface area contributed by atoms with Gasteiger partial charge in [0.1, 0.15) is 23.3 Å². The Balaban J connectivity index is 2.06. The van der Waals surface area contributed by atoms with Gasteiger partial charge in [-0.05, 0) is 68.7 Å². The first-order chi connectivity index (χ1) is 15.9. The van der Waals surface area contributed by atoms with E-state index in [1.165, 1.54) is 0 Å². The molecule has 0 fully saturated rings. The Bertz CT molecular complexity index is 883. The zero-order valence-corrected chi connectivity index (χ0v) is 20.3. The lowest BCUT2D eigenvalue weighted by Gasteiger charge is -2.31. The van der Waals surface area contributed by atoms with E-state index in [-0.39, 0.29) is 24.3 Å². The summed E-state index contributed by atoms with van der Waals surface area (Å²) in [4.78, 5) is 27.7. The Hall–Kier alpha value is -3.22. The lowest BCUT2D eigenvalue weighted by Crippen LogP contribution is -2.50. The van der Waals surface area contributed by atoms with Gasteiger partial charge in [0.25, 0.3) is 0 Å². The SMILES string of the molecule is CCC(C(=O)NC(C)C)N(Cc1cccc(OC)c1)C(=O)CCCOc1ccc(OC)cc1. The van der Waals surface area contributed by atoms with Crippen LogP contribution in [0.1, 0.15) is 45.6 Å². The first-order valence-corrected chi connectivity index (χ1v) is 11.4. The molecule has 2 aromatic rings. The maximum Gasteiger partial charge on any atom is 0.243 e. The fraction of sp³-hybridized carbons (Fsp3) is 0.462. The summed E-state index contributed by atoms with van der Waals surface area (Å²) in [5, 5.41) is 2.94. The van der Waals surface area contributed by atoms with E-state index in [9.17, 15) is 9.59 Å². The fourth-order valence-corrected chi connectivity index (χ4v) is 3.50. The van der Waals surface area contributed by atoms with Crippen molar-refractivity contribution in [1.82, 2.24) is 10.2 Å². The fourth-order valence-electron chi connectivity index (χ4n) is 3.50. The van der Waals surface area contributed by atoms with Gasteiger partial charge in [0.05, 0.1) is 20.8 Å². The third-order valence-electron chi connectivity index (χ3n) is 5.17. The normalized spacial score (nSPS) is 11.6. The Morgan fingerprint density at radius 2 is 1.64 bits per heavy atom. The van der Waals surface area contributed by atoms with Gasteiger partial charge < -0.3 is 24.4 Å². The average Bonchev–Trinajstić information content (AvgIpc) is 2.81. The van der Waals surface area contributed by atoms with Crippen molar-refractivity contribution in [1.29, 1.82) is 0 Å². The molecule has 1 N–H and O–H groups in total. The summed E-state index contributed by atoms with van der Waals surface area (Å²) in [5.74, 6) is 1.97. The second-order valence-corrected chi connectivity index (χ2v) is 8.09. The van der Waals surface area contributed by atoms with Gasteiger partial charge >= 0.3 is 0 Å². The summed E-state index contributed by atoms with van der Waals surface area (Å²) in [6.07, 6.45) is 1.35. The smallest absolute Gasteiger partial charge is 0.243 e. The standard InChI is InChI=1S/C26H36N2O5/c1-6-24(26(30)27-19(2)3)28(18-20-9-7-10-23(17-20)32-5)25(29)11-8-16-33-22-14-12-21(31-4)13-15-22/h7,9-10,12-15,17,19,24H,6,8,11,16,18H2,1-5H3,(H,27,30). The topological polar surface area (TPSA) is 77.1 Å². The number of nitrogens with zero attached hydrogens (tertiary/aromatic N) is 1. The summed E-state index contributed by atoms with van der Waals surface area (Å²) < 4.78 is 16.2. The minimum Gasteiger partial charge on any atom is -0.497 e. The van der Waals surface area contributed by atoms with Crippen molar-refractivity contribution >= 4 is 11.8 Å². The molecule has 180 valence electrons. The first kappa shape index (κ1) is 26.0. The summed E-state index contributed by atoms with van der Waals surface area (Å²) in [5.41, 5.74) is 0.910. The third-order valence-corrected chi connectivity index (χ3v) is 5.17. The van der Waals surface area contributed by atoms with Crippen LogP contribution in [-0.4, -0.2) is 49.6 Å². The summed E-state index contributed by atoms with van der Waals surface area (Å²) in [6, 6.07) is 14.3. The van der Waals surface area contributed by atoms with Gasteiger partial charge in [-0.2, -0.15) is 0 Å². The first-order valence-electron chi connectivity index (χ1n) is 11.4. The molecule has 0 saturated carbocycles. The van der Waals surface area contributed by atoms with Crippen LogP contribution in [-0.2, 0) is 16.1 Å². The number of nitrogens with one attached hydrogen (secondary N) is 1. The molecule has 2 amide bonds. The van der Waals surface area contributed by atoms with E-state index in [0.29, 0.717) is 31.7 Å². The zero-order chi connectivity index (χ0) is 24.2. The highest BCUT2D eigenvalue weighted by Gasteiger charge is 2.28. The minimum atomic E-state index is -0.548. The van der Waals surface area contributed by atoms with Crippen molar-refractivity contribution in [3.63, 3.8) is 0 Å². The van der Waals surface area contributed by atoms with E-state index in [4.69, 9.17) is 14.2 Å². The van der Waals surface area contributed by atoms with E-state index in [0.717, 1.165) is 17.1 Å². The Morgan fingerprint density at radius 1 is 0.970 bits per heavy atom. The van der Waals surface area contributed by atoms with Gasteiger partial charge in [-0.15, -0.1) is 0 Å². The highest BCUT2D eigenvalue weighted by Crippen LogP contribution is 2.20. The van der Waals surface area contributed by atoms with Gasteiger partial charge in [0, 0.05) is 19.0 Å². The second kappa shape index (κ2) is 13.4. The van der Waals surface area contributed by atoms with Crippen molar-refractivity contribution in [2.75, 3.05) is 20.8 Å².